The molecule has 1 atom stereocenters. The Labute approximate surface area is 141 Å². The lowest BCUT2D eigenvalue weighted by Crippen LogP contribution is -2.18. The van der Waals surface area contributed by atoms with E-state index in [1.54, 1.807) is 18.3 Å². The van der Waals surface area contributed by atoms with E-state index in [9.17, 15) is 4.79 Å². The average molecular weight is 348 g/mol. The zero-order valence-electron chi connectivity index (χ0n) is 12.7. The molecule has 0 aromatic carbocycles. The molecule has 6 nitrogen and oxygen atoms in total. The molecular formula is C15H16N4O2S2. The van der Waals surface area contributed by atoms with Gasteiger partial charge in [0.15, 0.2) is 5.69 Å². The lowest BCUT2D eigenvalue weighted by Gasteiger charge is -2.10. The van der Waals surface area contributed by atoms with Crippen molar-refractivity contribution >= 4 is 28.6 Å². The number of aromatic nitrogens is 3. The van der Waals surface area contributed by atoms with Crippen LogP contribution in [0.1, 0.15) is 38.9 Å². The van der Waals surface area contributed by atoms with Gasteiger partial charge in [-0.1, -0.05) is 6.07 Å². The maximum atomic E-state index is 11.1. The van der Waals surface area contributed by atoms with Crippen LogP contribution in [0, 0.1) is 6.92 Å². The molecule has 3 N–H and O–H groups in total. The van der Waals surface area contributed by atoms with Crippen LogP contribution in [0.3, 0.4) is 0 Å². The van der Waals surface area contributed by atoms with Crippen molar-refractivity contribution in [2.75, 3.05) is 0 Å². The van der Waals surface area contributed by atoms with E-state index in [1.165, 1.54) is 11.3 Å². The molecule has 0 aliphatic carbocycles. The Morgan fingerprint density at radius 2 is 2.35 bits per heavy atom. The van der Waals surface area contributed by atoms with E-state index < -0.39 is 5.97 Å². The van der Waals surface area contributed by atoms with Gasteiger partial charge in [0.1, 0.15) is 5.01 Å². The number of nitrogens with one attached hydrogen (secondary N) is 2. The largest absolute Gasteiger partial charge is 0.476 e. The fourth-order valence-corrected chi connectivity index (χ4v) is 3.93. The van der Waals surface area contributed by atoms with Crippen molar-refractivity contribution in [3.63, 3.8) is 0 Å². The van der Waals surface area contributed by atoms with E-state index in [2.05, 4.69) is 26.6 Å². The van der Waals surface area contributed by atoms with Gasteiger partial charge in [-0.2, -0.15) is 5.10 Å². The van der Waals surface area contributed by atoms with Gasteiger partial charge < -0.3 is 10.4 Å². The molecule has 3 rings (SSSR count). The number of carboxylic acids is 1. The molecule has 0 radical (unpaired) electrons. The molecule has 3 heterocycles. The minimum absolute atomic E-state index is 0.0297. The molecule has 0 aliphatic rings. The van der Waals surface area contributed by atoms with Crippen molar-refractivity contribution in [1.82, 2.24) is 20.5 Å². The lowest BCUT2D eigenvalue weighted by molar-refractivity contribution is 0.0690. The van der Waals surface area contributed by atoms with E-state index >= 15 is 0 Å². The van der Waals surface area contributed by atoms with Crippen LogP contribution in [-0.4, -0.2) is 26.3 Å². The number of H-pyrrole nitrogens is 1. The van der Waals surface area contributed by atoms with Crippen LogP contribution in [0.15, 0.2) is 23.7 Å². The Morgan fingerprint density at radius 1 is 1.52 bits per heavy atom. The molecule has 3 aromatic rings. The number of carboxylic acid groups (broad SMARTS) is 1. The number of carbonyl (C=O) groups is 1. The highest BCUT2D eigenvalue weighted by Gasteiger charge is 2.18. The van der Waals surface area contributed by atoms with Gasteiger partial charge in [-0.05, 0) is 25.3 Å². The van der Waals surface area contributed by atoms with E-state index in [0.29, 0.717) is 6.54 Å². The standard InChI is InChI=1S/C15H16N4O2S2/c1-8(14-18-12(15(20)21)9(2)23-14)16-6-10-7-17-19-13(10)11-4-3-5-22-11/h3-5,7-8,16H,6H2,1-2H3,(H,17,19)(H,20,21). The van der Waals surface area contributed by atoms with Gasteiger partial charge in [0.25, 0.3) is 0 Å². The minimum atomic E-state index is -0.980. The maximum absolute atomic E-state index is 11.1. The first-order valence-electron chi connectivity index (χ1n) is 7.06. The zero-order chi connectivity index (χ0) is 16.4. The number of aromatic amines is 1. The summed E-state index contributed by atoms with van der Waals surface area (Å²) in [7, 11) is 0. The highest BCUT2D eigenvalue weighted by atomic mass is 32.1. The molecule has 23 heavy (non-hydrogen) atoms. The number of thiophene rings is 1. The van der Waals surface area contributed by atoms with Crippen molar-refractivity contribution in [2.45, 2.75) is 26.4 Å². The third-order valence-corrected chi connectivity index (χ3v) is 5.51. The third-order valence-electron chi connectivity index (χ3n) is 3.47. The van der Waals surface area contributed by atoms with E-state index in [0.717, 1.165) is 26.0 Å². The molecule has 1 unspecified atom stereocenters. The monoisotopic (exact) mass is 348 g/mol. The molecule has 120 valence electrons. The van der Waals surface area contributed by atoms with Crippen LogP contribution in [0.2, 0.25) is 0 Å². The first-order valence-corrected chi connectivity index (χ1v) is 8.76. The summed E-state index contributed by atoms with van der Waals surface area (Å²) in [6.07, 6.45) is 1.81. The van der Waals surface area contributed by atoms with Crippen LogP contribution in [0.5, 0.6) is 0 Å². The lowest BCUT2D eigenvalue weighted by atomic mass is 10.2. The number of aryl methyl sites for hydroxylation is 1. The van der Waals surface area contributed by atoms with Crippen LogP contribution in [-0.2, 0) is 6.54 Å². The summed E-state index contributed by atoms with van der Waals surface area (Å²) in [6, 6.07) is 4.03. The molecule has 3 aromatic heterocycles. The van der Waals surface area contributed by atoms with Crippen LogP contribution >= 0.6 is 22.7 Å². The number of aromatic carboxylic acids is 1. The summed E-state index contributed by atoms with van der Waals surface area (Å²) < 4.78 is 0. The normalized spacial score (nSPS) is 12.4. The van der Waals surface area contributed by atoms with E-state index in [1.807, 2.05) is 24.6 Å². The second-order valence-electron chi connectivity index (χ2n) is 5.11. The second-order valence-corrected chi connectivity index (χ2v) is 7.29. The van der Waals surface area contributed by atoms with Crippen molar-refractivity contribution in [2.24, 2.45) is 0 Å². The second kappa shape index (κ2) is 6.61. The summed E-state index contributed by atoms with van der Waals surface area (Å²) >= 11 is 3.07. The Kier molecular flexibility index (Phi) is 4.56. The van der Waals surface area contributed by atoms with Gasteiger partial charge in [0.2, 0.25) is 0 Å². The van der Waals surface area contributed by atoms with Crippen LogP contribution in [0.25, 0.3) is 10.6 Å². The van der Waals surface area contributed by atoms with Crippen molar-refractivity contribution in [3.8, 4) is 10.6 Å². The number of thiazole rings is 1. The van der Waals surface area contributed by atoms with Crippen LogP contribution < -0.4 is 5.32 Å². The first kappa shape index (κ1) is 15.9. The number of rotatable bonds is 6. The molecule has 0 fully saturated rings. The van der Waals surface area contributed by atoms with E-state index in [4.69, 9.17) is 5.11 Å². The van der Waals surface area contributed by atoms with Gasteiger partial charge >= 0.3 is 5.97 Å². The van der Waals surface area contributed by atoms with Gasteiger partial charge in [-0.15, -0.1) is 22.7 Å². The molecule has 0 saturated heterocycles. The molecule has 0 bridgehead atoms. The van der Waals surface area contributed by atoms with Gasteiger partial charge in [0.05, 0.1) is 22.8 Å². The number of hydrogen-bond acceptors (Lipinski definition) is 6. The topological polar surface area (TPSA) is 90.9 Å². The third kappa shape index (κ3) is 3.34. The molecule has 8 heteroatoms. The van der Waals surface area contributed by atoms with Crippen molar-refractivity contribution < 1.29 is 9.90 Å². The van der Waals surface area contributed by atoms with Gasteiger partial charge in [-0.3, -0.25) is 5.10 Å². The number of nitrogens with zero attached hydrogens (tertiary/aromatic N) is 2. The Morgan fingerprint density at radius 3 is 3.00 bits per heavy atom. The van der Waals surface area contributed by atoms with E-state index in [-0.39, 0.29) is 11.7 Å². The Balaban J connectivity index is 1.70. The average Bonchev–Trinajstić information content (AvgIpc) is 3.24. The Bertz CT molecular complexity index is 807. The van der Waals surface area contributed by atoms with Crippen molar-refractivity contribution in [3.05, 3.63) is 44.9 Å². The smallest absolute Gasteiger partial charge is 0.355 e. The molecular weight excluding hydrogens is 332 g/mol. The van der Waals surface area contributed by atoms with Crippen LogP contribution in [0.4, 0.5) is 0 Å². The highest BCUT2D eigenvalue weighted by molar-refractivity contribution is 7.13. The van der Waals surface area contributed by atoms with Crippen molar-refractivity contribution in [1.29, 1.82) is 0 Å². The predicted octanol–water partition coefficient (Wildman–Crippen LogP) is 3.45. The first-order chi connectivity index (χ1) is 11.1. The molecule has 0 saturated carbocycles. The Hall–Kier alpha value is -2.03. The zero-order valence-corrected chi connectivity index (χ0v) is 14.3. The van der Waals surface area contributed by atoms with Gasteiger partial charge in [-0.25, -0.2) is 9.78 Å². The fraction of sp³-hybridized carbons (Fsp3) is 0.267. The molecule has 0 spiro atoms. The summed E-state index contributed by atoms with van der Waals surface area (Å²) in [6.45, 7) is 4.39. The minimum Gasteiger partial charge on any atom is -0.476 e. The molecule has 0 amide bonds. The fourth-order valence-electron chi connectivity index (χ4n) is 2.23. The molecule has 0 aliphatic heterocycles. The highest BCUT2D eigenvalue weighted by Crippen LogP contribution is 2.27. The van der Waals surface area contributed by atoms with Gasteiger partial charge in [0, 0.05) is 17.0 Å². The maximum Gasteiger partial charge on any atom is 0.355 e. The summed E-state index contributed by atoms with van der Waals surface area (Å²) in [5.41, 5.74) is 2.23. The predicted molar refractivity (Wildman–Crippen MR) is 91.0 cm³/mol. The summed E-state index contributed by atoms with van der Waals surface area (Å²) in [5.74, 6) is -0.980. The SMILES string of the molecule is Cc1sc(C(C)NCc2cn[nH]c2-c2cccs2)nc1C(=O)O. The summed E-state index contributed by atoms with van der Waals surface area (Å²) in [5, 5.41) is 22.4. The quantitative estimate of drug-likeness (QED) is 0.635. The summed E-state index contributed by atoms with van der Waals surface area (Å²) in [4.78, 5) is 17.2. The number of hydrogen-bond donors (Lipinski definition) is 3.